The average Bonchev–Trinajstić information content (AvgIpc) is 2.93. The van der Waals surface area contributed by atoms with E-state index in [0.29, 0.717) is 16.6 Å². The van der Waals surface area contributed by atoms with Crippen LogP contribution in [0.3, 0.4) is 0 Å². The number of rotatable bonds is 4. The summed E-state index contributed by atoms with van der Waals surface area (Å²) in [5, 5.41) is 0.572. The minimum Gasteiger partial charge on any atom is -0.440 e. The van der Waals surface area contributed by atoms with E-state index in [1.54, 1.807) is 6.20 Å². The zero-order valence-electron chi connectivity index (χ0n) is 12.6. The summed E-state index contributed by atoms with van der Waals surface area (Å²) in [5.41, 5.74) is 4.29. The first-order chi connectivity index (χ1) is 10.6. The van der Waals surface area contributed by atoms with E-state index in [-0.39, 0.29) is 0 Å². The number of halogens is 1. The van der Waals surface area contributed by atoms with Crippen LogP contribution < -0.4 is 0 Å². The lowest BCUT2D eigenvalue weighted by Gasteiger charge is -2.05. The van der Waals surface area contributed by atoms with E-state index in [1.165, 1.54) is 11.1 Å². The molecule has 3 nitrogen and oxygen atoms in total. The normalized spacial score (nSPS) is 10.9. The van der Waals surface area contributed by atoms with Gasteiger partial charge < -0.3 is 4.42 Å². The quantitative estimate of drug-likeness (QED) is 0.695. The Balaban J connectivity index is 1.73. The average molecular weight is 313 g/mol. The van der Waals surface area contributed by atoms with E-state index < -0.39 is 0 Å². The van der Waals surface area contributed by atoms with E-state index in [4.69, 9.17) is 16.0 Å². The molecular formula is C18H17ClN2O. The van der Waals surface area contributed by atoms with Gasteiger partial charge in [-0.25, -0.2) is 9.97 Å². The SMILES string of the molecule is Cc1ccc(CCc2cnc(-c3ncc(C)o3)c(Cl)c2)cc1. The monoisotopic (exact) mass is 312 g/mol. The first-order valence-electron chi connectivity index (χ1n) is 7.24. The van der Waals surface area contributed by atoms with Gasteiger partial charge in [0.1, 0.15) is 11.5 Å². The Morgan fingerprint density at radius 2 is 1.68 bits per heavy atom. The molecule has 1 aromatic carbocycles. The largest absolute Gasteiger partial charge is 0.440 e. The molecule has 112 valence electrons. The van der Waals surface area contributed by atoms with Gasteiger partial charge in [0.15, 0.2) is 0 Å². The first kappa shape index (κ1) is 14.8. The van der Waals surface area contributed by atoms with Crippen molar-refractivity contribution in [3.8, 4) is 11.6 Å². The van der Waals surface area contributed by atoms with Crippen LogP contribution in [0.1, 0.15) is 22.5 Å². The molecule has 0 N–H and O–H groups in total. The number of hydrogen-bond donors (Lipinski definition) is 0. The number of aromatic nitrogens is 2. The van der Waals surface area contributed by atoms with Crippen molar-refractivity contribution in [2.24, 2.45) is 0 Å². The van der Waals surface area contributed by atoms with Gasteiger partial charge in [0, 0.05) is 6.20 Å². The van der Waals surface area contributed by atoms with Crippen LogP contribution >= 0.6 is 11.6 Å². The van der Waals surface area contributed by atoms with Crippen LogP contribution in [-0.2, 0) is 12.8 Å². The fourth-order valence-electron chi connectivity index (χ4n) is 2.28. The molecule has 0 aliphatic carbocycles. The van der Waals surface area contributed by atoms with Crippen molar-refractivity contribution in [2.75, 3.05) is 0 Å². The summed E-state index contributed by atoms with van der Waals surface area (Å²) in [5.74, 6) is 1.21. The lowest BCUT2D eigenvalue weighted by Crippen LogP contribution is -1.94. The number of oxazole rings is 1. The van der Waals surface area contributed by atoms with E-state index in [1.807, 2.05) is 19.2 Å². The van der Waals surface area contributed by atoms with Gasteiger partial charge in [-0.05, 0) is 43.9 Å². The third-order valence-electron chi connectivity index (χ3n) is 3.54. The molecule has 0 aliphatic rings. The number of aryl methyl sites for hydroxylation is 4. The Morgan fingerprint density at radius 1 is 0.955 bits per heavy atom. The second-order valence-corrected chi connectivity index (χ2v) is 5.84. The summed E-state index contributed by atoms with van der Waals surface area (Å²) in [6.07, 6.45) is 5.38. The number of benzene rings is 1. The molecule has 0 amide bonds. The smallest absolute Gasteiger partial charge is 0.246 e. The maximum absolute atomic E-state index is 6.31. The Hall–Kier alpha value is -2.13. The Labute approximate surface area is 135 Å². The van der Waals surface area contributed by atoms with E-state index >= 15 is 0 Å². The lowest BCUT2D eigenvalue weighted by atomic mass is 10.0. The van der Waals surface area contributed by atoms with Gasteiger partial charge in [0.25, 0.3) is 0 Å². The molecule has 4 heteroatoms. The molecule has 0 saturated heterocycles. The Kier molecular flexibility index (Phi) is 4.25. The highest BCUT2D eigenvalue weighted by Gasteiger charge is 2.11. The van der Waals surface area contributed by atoms with Crippen LogP contribution in [0.4, 0.5) is 0 Å². The minimum absolute atomic E-state index is 0.465. The number of nitrogens with zero attached hydrogens (tertiary/aromatic N) is 2. The number of pyridine rings is 1. The van der Waals surface area contributed by atoms with Crippen molar-refractivity contribution in [1.82, 2.24) is 9.97 Å². The van der Waals surface area contributed by atoms with Crippen LogP contribution in [-0.4, -0.2) is 9.97 Å². The zero-order chi connectivity index (χ0) is 15.5. The Morgan fingerprint density at radius 3 is 2.32 bits per heavy atom. The summed E-state index contributed by atoms with van der Waals surface area (Å²) >= 11 is 6.31. The summed E-state index contributed by atoms with van der Waals surface area (Å²) in [4.78, 5) is 8.56. The molecule has 0 aliphatic heterocycles. The van der Waals surface area contributed by atoms with E-state index in [9.17, 15) is 0 Å². The molecule has 0 bridgehead atoms. The first-order valence-corrected chi connectivity index (χ1v) is 7.62. The van der Waals surface area contributed by atoms with Gasteiger partial charge in [-0.2, -0.15) is 0 Å². The number of hydrogen-bond acceptors (Lipinski definition) is 3. The van der Waals surface area contributed by atoms with Crippen LogP contribution in [0, 0.1) is 13.8 Å². The molecule has 0 spiro atoms. The molecule has 22 heavy (non-hydrogen) atoms. The molecule has 0 fully saturated rings. The Bertz CT molecular complexity index is 778. The topological polar surface area (TPSA) is 38.9 Å². The molecule has 3 rings (SSSR count). The molecule has 0 atom stereocenters. The molecular weight excluding hydrogens is 296 g/mol. The van der Waals surface area contributed by atoms with Crippen LogP contribution in [0.15, 0.2) is 47.1 Å². The highest BCUT2D eigenvalue weighted by Crippen LogP contribution is 2.26. The van der Waals surface area contributed by atoms with Gasteiger partial charge in [-0.15, -0.1) is 0 Å². The van der Waals surface area contributed by atoms with Gasteiger partial charge in [-0.3, -0.25) is 0 Å². The maximum atomic E-state index is 6.31. The van der Waals surface area contributed by atoms with Gasteiger partial charge >= 0.3 is 0 Å². The second kappa shape index (κ2) is 6.32. The molecule has 2 heterocycles. The third kappa shape index (κ3) is 3.37. The van der Waals surface area contributed by atoms with E-state index in [0.717, 1.165) is 24.2 Å². The predicted molar refractivity (Wildman–Crippen MR) is 88.1 cm³/mol. The summed E-state index contributed by atoms with van der Waals surface area (Å²) in [7, 11) is 0. The minimum atomic E-state index is 0.465. The van der Waals surface area contributed by atoms with Crippen molar-refractivity contribution in [2.45, 2.75) is 26.7 Å². The second-order valence-electron chi connectivity index (χ2n) is 5.44. The molecule has 0 unspecified atom stereocenters. The fourth-order valence-corrected chi connectivity index (χ4v) is 2.55. The third-order valence-corrected chi connectivity index (χ3v) is 3.83. The molecule has 0 saturated carbocycles. The molecule has 3 aromatic rings. The maximum Gasteiger partial charge on any atom is 0.246 e. The summed E-state index contributed by atoms with van der Waals surface area (Å²) in [6, 6.07) is 10.5. The lowest BCUT2D eigenvalue weighted by molar-refractivity contribution is 0.540. The summed E-state index contributed by atoms with van der Waals surface area (Å²) < 4.78 is 5.47. The van der Waals surface area contributed by atoms with Gasteiger partial charge in [0.2, 0.25) is 5.89 Å². The molecule has 2 aromatic heterocycles. The van der Waals surface area contributed by atoms with Crippen LogP contribution in [0.5, 0.6) is 0 Å². The fraction of sp³-hybridized carbons (Fsp3) is 0.222. The standard InChI is InChI=1S/C18H17ClN2O/c1-12-3-5-14(6-4-12)7-8-15-9-16(19)17(20-11-15)18-21-10-13(2)22-18/h3-6,9-11H,7-8H2,1-2H3. The van der Waals surface area contributed by atoms with Crippen molar-refractivity contribution in [3.05, 3.63) is 70.2 Å². The zero-order valence-corrected chi connectivity index (χ0v) is 13.4. The van der Waals surface area contributed by atoms with Crippen molar-refractivity contribution < 1.29 is 4.42 Å². The predicted octanol–water partition coefficient (Wildman–Crippen LogP) is 4.79. The summed E-state index contributed by atoms with van der Waals surface area (Å²) in [6.45, 7) is 3.94. The van der Waals surface area contributed by atoms with Crippen molar-refractivity contribution in [3.63, 3.8) is 0 Å². The van der Waals surface area contributed by atoms with Crippen LogP contribution in [0.25, 0.3) is 11.6 Å². The van der Waals surface area contributed by atoms with Crippen molar-refractivity contribution >= 4 is 11.6 Å². The van der Waals surface area contributed by atoms with Gasteiger partial charge in [-0.1, -0.05) is 41.4 Å². The van der Waals surface area contributed by atoms with E-state index in [2.05, 4.69) is 41.2 Å². The van der Waals surface area contributed by atoms with Gasteiger partial charge in [0.05, 0.1) is 11.2 Å². The van der Waals surface area contributed by atoms with Crippen molar-refractivity contribution in [1.29, 1.82) is 0 Å². The highest BCUT2D eigenvalue weighted by molar-refractivity contribution is 6.32. The van der Waals surface area contributed by atoms with Crippen LogP contribution in [0.2, 0.25) is 5.02 Å². The molecule has 0 radical (unpaired) electrons. The highest BCUT2D eigenvalue weighted by atomic mass is 35.5.